The van der Waals surface area contributed by atoms with E-state index < -0.39 is 0 Å². The lowest BCUT2D eigenvalue weighted by molar-refractivity contribution is 0.388. The second kappa shape index (κ2) is 5.60. The first-order valence-electron chi connectivity index (χ1n) is 4.96. The van der Waals surface area contributed by atoms with Crippen LogP contribution in [0.3, 0.4) is 0 Å². The van der Waals surface area contributed by atoms with Gasteiger partial charge in [-0.2, -0.15) is 0 Å². The number of halogens is 3. The van der Waals surface area contributed by atoms with Gasteiger partial charge in [0.15, 0.2) is 23.0 Å². The van der Waals surface area contributed by atoms with E-state index in [-0.39, 0.29) is 33.2 Å². The van der Waals surface area contributed by atoms with Crippen molar-refractivity contribution in [2.75, 3.05) is 0 Å². The number of rotatable bonds is 2. The van der Waals surface area contributed by atoms with E-state index in [4.69, 9.17) is 4.74 Å². The summed E-state index contributed by atoms with van der Waals surface area (Å²) in [5, 5.41) is 28.8. The molecule has 0 radical (unpaired) electrons. The summed E-state index contributed by atoms with van der Waals surface area (Å²) in [6.07, 6.45) is 0. The molecule has 2 rings (SSSR count). The lowest BCUT2D eigenvalue weighted by Crippen LogP contribution is -1.87. The fraction of sp³-hybridized carbons (Fsp3) is 0. The average molecular weight is 455 g/mol. The van der Waals surface area contributed by atoms with E-state index in [1.165, 1.54) is 12.1 Å². The maximum Gasteiger partial charge on any atom is 0.172 e. The number of ether oxygens (including phenoxy) is 1. The van der Waals surface area contributed by atoms with Gasteiger partial charge in [-0.05, 0) is 50.1 Å². The van der Waals surface area contributed by atoms with Crippen LogP contribution in [-0.2, 0) is 0 Å². The van der Waals surface area contributed by atoms with Gasteiger partial charge in [0.2, 0.25) is 0 Å². The topological polar surface area (TPSA) is 69.9 Å². The molecule has 7 heteroatoms. The van der Waals surface area contributed by atoms with Crippen LogP contribution in [0.2, 0.25) is 0 Å². The monoisotopic (exact) mass is 452 g/mol. The Morgan fingerprint density at radius 3 is 2.05 bits per heavy atom. The summed E-state index contributed by atoms with van der Waals surface area (Å²) in [6.45, 7) is 0. The Morgan fingerprint density at radius 1 is 0.789 bits per heavy atom. The van der Waals surface area contributed by atoms with Gasteiger partial charge in [-0.25, -0.2) is 0 Å². The maximum atomic E-state index is 9.86. The highest BCUT2D eigenvalue weighted by atomic mass is 79.9. The predicted octanol–water partition coefficient (Wildman–Crippen LogP) is 4.88. The third-order valence-corrected chi connectivity index (χ3v) is 3.90. The zero-order valence-electron chi connectivity index (χ0n) is 9.19. The molecule has 0 atom stereocenters. The molecule has 0 aliphatic rings. The van der Waals surface area contributed by atoms with Crippen LogP contribution < -0.4 is 4.74 Å². The lowest BCUT2D eigenvalue weighted by atomic mass is 10.3. The molecular formula is C12H7Br3O4. The van der Waals surface area contributed by atoms with Gasteiger partial charge in [-0.15, -0.1) is 0 Å². The number of benzene rings is 2. The molecular weight excluding hydrogens is 448 g/mol. The van der Waals surface area contributed by atoms with E-state index in [1.807, 2.05) is 0 Å². The molecule has 0 amide bonds. The second-order valence-electron chi connectivity index (χ2n) is 3.61. The molecule has 19 heavy (non-hydrogen) atoms. The van der Waals surface area contributed by atoms with Crippen LogP contribution in [0.25, 0.3) is 0 Å². The molecule has 0 saturated carbocycles. The molecule has 0 heterocycles. The van der Waals surface area contributed by atoms with Crippen LogP contribution in [0.5, 0.6) is 28.7 Å². The van der Waals surface area contributed by atoms with E-state index in [0.717, 1.165) is 0 Å². The molecule has 2 aromatic carbocycles. The minimum absolute atomic E-state index is 0.0631. The van der Waals surface area contributed by atoms with Crippen molar-refractivity contribution in [2.45, 2.75) is 0 Å². The Balaban J connectivity index is 2.42. The Labute approximate surface area is 134 Å². The largest absolute Gasteiger partial charge is 0.504 e. The quantitative estimate of drug-likeness (QED) is 0.565. The van der Waals surface area contributed by atoms with Crippen molar-refractivity contribution in [3.8, 4) is 28.7 Å². The first-order chi connectivity index (χ1) is 8.88. The number of phenols is 3. The van der Waals surface area contributed by atoms with Gasteiger partial charge in [-0.3, -0.25) is 0 Å². The first-order valence-corrected chi connectivity index (χ1v) is 7.33. The lowest BCUT2D eigenvalue weighted by Gasteiger charge is -2.11. The normalized spacial score (nSPS) is 10.5. The van der Waals surface area contributed by atoms with Crippen LogP contribution in [-0.4, -0.2) is 15.3 Å². The Hall–Kier alpha value is -0.920. The van der Waals surface area contributed by atoms with Gasteiger partial charge in [0, 0.05) is 10.5 Å². The van der Waals surface area contributed by atoms with Crippen LogP contribution in [0.1, 0.15) is 0 Å². The molecule has 4 nitrogen and oxygen atoms in total. The van der Waals surface area contributed by atoms with Crippen molar-refractivity contribution in [3.05, 3.63) is 37.7 Å². The summed E-state index contributed by atoms with van der Waals surface area (Å²) in [4.78, 5) is 0. The molecule has 0 unspecified atom stereocenters. The fourth-order valence-corrected chi connectivity index (χ4v) is 2.98. The van der Waals surface area contributed by atoms with E-state index in [0.29, 0.717) is 8.95 Å². The number of hydrogen-bond donors (Lipinski definition) is 3. The van der Waals surface area contributed by atoms with E-state index in [9.17, 15) is 15.3 Å². The molecule has 0 aliphatic heterocycles. The minimum atomic E-state index is -0.321. The molecule has 3 N–H and O–H groups in total. The van der Waals surface area contributed by atoms with Gasteiger partial charge in [-0.1, -0.05) is 15.9 Å². The third kappa shape index (κ3) is 3.16. The third-order valence-electron chi connectivity index (χ3n) is 2.24. The van der Waals surface area contributed by atoms with Crippen molar-refractivity contribution in [1.82, 2.24) is 0 Å². The molecule has 2 aromatic rings. The highest BCUT2D eigenvalue weighted by molar-refractivity contribution is 9.11. The first kappa shape index (κ1) is 14.5. The SMILES string of the molecule is Oc1cc(Oc2cc(Br)cc(Br)c2O)cc(Br)c1O. The summed E-state index contributed by atoms with van der Waals surface area (Å²) in [6, 6.07) is 5.97. The molecule has 0 bridgehead atoms. The van der Waals surface area contributed by atoms with Gasteiger partial charge in [0.1, 0.15) is 5.75 Å². The van der Waals surface area contributed by atoms with E-state index in [2.05, 4.69) is 47.8 Å². The maximum absolute atomic E-state index is 9.86. The Kier molecular flexibility index (Phi) is 4.27. The zero-order valence-corrected chi connectivity index (χ0v) is 14.0. The van der Waals surface area contributed by atoms with E-state index >= 15 is 0 Å². The highest BCUT2D eigenvalue weighted by Crippen LogP contribution is 2.42. The van der Waals surface area contributed by atoms with Gasteiger partial charge in [0.05, 0.1) is 8.95 Å². The average Bonchev–Trinajstić information content (AvgIpc) is 2.32. The summed E-state index contributed by atoms with van der Waals surface area (Å²) >= 11 is 9.56. The number of aromatic hydroxyl groups is 3. The summed E-state index contributed by atoms with van der Waals surface area (Å²) in [5.74, 6) is -0.183. The number of phenolic OH excluding ortho intramolecular Hbond substituents is 3. The molecule has 0 aliphatic carbocycles. The van der Waals surface area contributed by atoms with Crippen molar-refractivity contribution in [3.63, 3.8) is 0 Å². The van der Waals surface area contributed by atoms with Crippen LogP contribution in [0.15, 0.2) is 37.7 Å². The number of hydrogen-bond acceptors (Lipinski definition) is 4. The van der Waals surface area contributed by atoms with Gasteiger partial charge in [0.25, 0.3) is 0 Å². The van der Waals surface area contributed by atoms with Crippen molar-refractivity contribution in [2.24, 2.45) is 0 Å². The summed E-state index contributed by atoms with van der Waals surface area (Å²) in [5.41, 5.74) is 0. The molecule has 0 aromatic heterocycles. The van der Waals surface area contributed by atoms with Gasteiger partial charge >= 0.3 is 0 Å². The Morgan fingerprint density at radius 2 is 1.42 bits per heavy atom. The Bertz CT molecular complexity index is 620. The van der Waals surface area contributed by atoms with Gasteiger partial charge < -0.3 is 20.1 Å². The van der Waals surface area contributed by atoms with Crippen molar-refractivity contribution >= 4 is 47.8 Å². The molecule has 0 saturated heterocycles. The predicted molar refractivity (Wildman–Crippen MR) is 81.1 cm³/mol. The van der Waals surface area contributed by atoms with Crippen LogP contribution in [0, 0.1) is 0 Å². The van der Waals surface area contributed by atoms with Crippen LogP contribution >= 0.6 is 47.8 Å². The van der Waals surface area contributed by atoms with Crippen molar-refractivity contribution < 1.29 is 20.1 Å². The molecule has 100 valence electrons. The van der Waals surface area contributed by atoms with Crippen molar-refractivity contribution in [1.29, 1.82) is 0 Å². The second-order valence-corrected chi connectivity index (χ2v) is 6.23. The molecule has 0 fully saturated rings. The highest BCUT2D eigenvalue weighted by Gasteiger charge is 2.12. The summed E-state index contributed by atoms with van der Waals surface area (Å²) in [7, 11) is 0. The van der Waals surface area contributed by atoms with Crippen LogP contribution in [0.4, 0.5) is 0 Å². The molecule has 0 spiro atoms. The standard InChI is InChI=1S/C12H7Br3O4/c13-5-1-7(14)12(18)10(2-5)19-6-3-8(15)11(17)9(16)4-6/h1-4,16-18H. The van der Waals surface area contributed by atoms with E-state index in [1.54, 1.807) is 12.1 Å². The smallest absolute Gasteiger partial charge is 0.172 e. The summed E-state index contributed by atoms with van der Waals surface area (Å²) < 4.78 is 6.95. The zero-order chi connectivity index (χ0) is 14.2. The fourth-order valence-electron chi connectivity index (χ4n) is 1.37. The minimum Gasteiger partial charge on any atom is -0.504 e.